The molecule has 2 N–H and O–H groups in total. The summed E-state index contributed by atoms with van der Waals surface area (Å²) < 4.78 is 11.2. The van der Waals surface area contributed by atoms with Crippen LogP contribution in [0.3, 0.4) is 0 Å². The van der Waals surface area contributed by atoms with Crippen LogP contribution in [0, 0.1) is 5.92 Å². The number of rotatable bonds is 8. The zero-order chi connectivity index (χ0) is 28.3. The van der Waals surface area contributed by atoms with Crippen molar-refractivity contribution >= 4 is 46.4 Å². The zero-order valence-corrected chi connectivity index (χ0v) is 25.0. The fourth-order valence-electron chi connectivity index (χ4n) is 6.13. The first-order chi connectivity index (χ1) is 19.2. The third-order valence-corrected chi connectivity index (χ3v) is 8.89. The minimum absolute atomic E-state index is 0.00418. The topological polar surface area (TPSA) is 74.3 Å². The van der Waals surface area contributed by atoms with Crippen molar-refractivity contribution in [3.05, 3.63) is 65.2 Å². The van der Waals surface area contributed by atoms with Crippen LogP contribution in [0.15, 0.2) is 48.5 Å². The number of carbonyl (C=O) groups excluding carboxylic acids is 1. The molecule has 218 valence electrons. The van der Waals surface area contributed by atoms with Gasteiger partial charge in [-0.3, -0.25) is 9.69 Å². The number of carbonyl (C=O) groups is 1. The predicted octanol–water partition coefficient (Wildman–Crippen LogP) is 5.84. The molecule has 10 heteroatoms. The minimum atomic E-state index is -2.07. The smallest absolute Gasteiger partial charge is 0.276 e. The predicted molar refractivity (Wildman–Crippen MR) is 159 cm³/mol. The van der Waals surface area contributed by atoms with Crippen molar-refractivity contribution in [3.8, 4) is 0 Å². The molecule has 3 aliphatic heterocycles. The van der Waals surface area contributed by atoms with Crippen molar-refractivity contribution in [2.24, 2.45) is 5.92 Å². The molecular formula is C30H38Cl3N3O4. The van der Waals surface area contributed by atoms with Gasteiger partial charge in [0.15, 0.2) is 6.29 Å². The summed E-state index contributed by atoms with van der Waals surface area (Å²) in [6, 6.07) is 15.7. The van der Waals surface area contributed by atoms with Gasteiger partial charge in [0.1, 0.15) is 0 Å². The third kappa shape index (κ3) is 7.31. The second-order valence-corrected chi connectivity index (χ2v) is 13.5. The maximum Gasteiger partial charge on any atom is 0.276 e. The van der Waals surface area contributed by atoms with Crippen LogP contribution in [0.4, 0.5) is 5.69 Å². The number of nitrogens with zero attached hydrogens (tertiary/aromatic N) is 2. The normalized spacial score (nSPS) is 28.2. The maximum absolute atomic E-state index is 12.3. The molecule has 5 unspecified atom stereocenters. The fraction of sp³-hybridized carbons (Fsp3) is 0.567. The van der Waals surface area contributed by atoms with Crippen molar-refractivity contribution in [1.82, 2.24) is 9.80 Å². The van der Waals surface area contributed by atoms with Crippen molar-refractivity contribution in [3.63, 3.8) is 0 Å². The van der Waals surface area contributed by atoms with E-state index in [1.54, 1.807) is 12.1 Å². The Morgan fingerprint density at radius 2 is 1.75 bits per heavy atom. The van der Waals surface area contributed by atoms with Gasteiger partial charge < -0.3 is 24.8 Å². The van der Waals surface area contributed by atoms with E-state index in [2.05, 4.69) is 22.0 Å². The molecule has 2 aromatic carbocycles. The second kappa shape index (κ2) is 13.3. The Morgan fingerprint density at radius 3 is 2.45 bits per heavy atom. The largest absolute Gasteiger partial charge is 0.392 e. The van der Waals surface area contributed by atoms with Crippen molar-refractivity contribution in [1.29, 1.82) is 0 Å². The van der Waals surface area contributed by atoms with Crippen LogP contribution in [0.25, 0.3) is 0 Å². The van der Waals surface area contributed by atoms with Gasteiger partial charge in [0.05, 0.1) is 18.8 Å². The third-order valence-electron chi connectivity index (χ3n) is 8.38. The minimum Gasteiger partial charge on any atom is -0.392 e. The van der Waals surface area contributed by atoms with Gasteiger partial charge in [0, 0.05) is 36.3 Å². The quantitative estimate of drug-likeness (QED) is 0.366. The summed E-state index contributed by atoms with van der Waals surface area (Å²) in [5.41, 5.74) is 3.16. The molecule has 3 heterocycles. The van der Waals surface area contributed by atoms with Crippen molar-refractivity contribution in [2.75, 3.05) is 38.0 Å². The van der Waals surface area contributed by atoms with E-state index in [-0.39, 0.29) is 24.7 Å². The van der Waals surface area contributed by atoms with E-state index in [1.807, 2.05) is 36.4 Å². The van der Waals surface area contributed by atoms with Crippen LogP contribution in [0.2, 0.25) is 0 Å². The Morgan fingerprint density at radius 1 is 1.00 bits per heavy atom. The molecule has 7 nitrogen and oxygen atoms in total. The first kappa shape index (κ1) is 30.1. The number of aliphatic hydroxyl groups excluding tert-OH is 1. The molecule has 1 amide bonds. The van der Waals surface area contributed by atoms with E-state index in [9.17, 15) is 9.90 Å². The molecule has 5 rings (SSSR count). The molecule has 0 aliphatic carbocycles. The fourth-order valence-corrected chi connectivity index (χ4v) is 6.27. The first-order valence-electron chi connectivity index (χ1n) is 14.2. The van der Waals surface area contributed by atoms with E-state index in [4.69, 9.17) is 44.3 Å². The first-order valence-corrected chi connectivity index (χ1v) is 15.3. The van der Waals surface area contributed by atoms with E-state index < -0.39 is 16.0 Å². The molecule has 0 bridgehead atoms. The standard InChI is InChI=1S/C30H38Cl3N3O4/c1-20-26(18-36-15-5-8-25(36)17-35-13-2-3-14-35)39-28(40-27(20)22-11-9-21(19-37)10-12-22)23-6-4-7-24(16-23)34-29(38)30(31,32)33/h4,6-7,9-12,16,20,25-28,37H,2-3,5,8,13-15,17-19H2,1H3,(H,34,38). The summed E-state index contributed by atoms with van der Waals surface area (Å²) in [6.07, 6.45) is 4.09. The monoisotopic (exact) mass is 609 g/mol. The molecule has 3 aliphatic rings. The van der Waals surface area contributed by atoms with Gasteiger partial charge in [-0.25, -0.2) is 0 Å². The lowest BCUT2D eigenvalue weighted by Crippen LogP contribution is -2.48. The van der Waals surface area contributed by atoms with Gasteiger partial charge >= 0.3 is 0 Å². The van der Waals surface area contributed by atoms with E-state index in [0.29, 0.717) is 11.7 Å². The maximum atomic E-state index is 12.3. The number of likely N-dealkylation sites (tertiary alicyclic amines) is 2. The highest BCUT2D eigenvalue weighted by atomic mass is 35.6. The van der Waals surface area contributed by atoms with Gasteiger partial charge in [-0.05, 0) is 68.6 Å². The molecule has 3 fully saturated rings. The number of hydrogen-bond acceptors (Lipinski definition) is 6. The summed E-state index contributed by atoms with van der Waals surface area (Å²) in [5, 5.41) is 12.2. The molecule has 3 saturated heterocycles. The number of hydrogen-bond donors (Lipinski definition) is 2. The lowest BCUT2D eigenvalue weighted by Gasteiger charge is -2.43. The number of anilines is 1. The van der Waals surface area contributed by atoms with Gasteiger partial charge in [-0.2, -0.15) is 0 Å². The summed E-state index contributed by atoms with van der Waals surface area (Å²) in [4.78, 5) is 17.5. The number of nitrogens with one attached hydrogen (secondary N) is 1. The van der Waals surface area contributed by atoms with E-state index >= 15 is 0 Å². The zero-order valence-electron chi connectivity index (χ0n) is 22.8. The van der Waals surface area contributed by atoms with Crippen LogP contribution in [-0.4, -0.2) is 69.5 Å². The molecule has 40 heavy (non-hydrogen) atoms. The van der Waals surface area contributed by atoms with Crippen molar-refractivity contribution in [2.45, 2.75) is 67.5 Å². The number of alkyl halides is 3. The number of ether oxygens (including phenoxy) is 2. The Bertz CT molecular complexity index is 1140. The lowest BCUT2D eigenvalue weighted by molar-refractivity contribution is -0.276. The van der Waals surface area contributed by atoms with Crippen LogP contribution in [-0.2, 0) is 20.9 Å². The van der Waals surface area contributed by atoms with Gasteiger partial charge in [0.2, 0.25) is 0 Å². The Labute approximate surface area is 251 Å². The average molecular weight is 611 g/mol. The SMILES string of the molecule is CC1C(CN2CCCC2CN2CCCC2)OC(c2cccc(NC(=O)C(Cl)(Cl)Cl)c2)OC1c1ccc(CO)cc1. The Kier molecular flexibility index (Phi) is 9.96. The Balaban J connectivity index is 1.37. The summed E-state index contributed by atoms with van der Waals surface area (Å²) in [7, 11) is 0. The van der Waals surface area contributed by atoms with Gasteiger partial charge in [-0.1, -0.05) is 78.1 Å². The number of amides is 1. The van der Waals surface area contributed by atoms with Crippen molar-refractivity contribution < 1.29 is 19.4 Å². The molecular weight excluding hydrogens is 573 g/mol. The lowest BCUT2D eigenvalue weighted by atomic mass is 9.90. The summed E-state index contributed by atoms with van der Waals surface area (Å²) in [6.45, 7) is 7.61. The highest BCUT2D eigenvalue weighted by Crippen LogP contribution is 2.43. The number of benzene rings is 2. The van der Waals surface area contributed by atoms with Gasteiger partial charge in [-0.15, -0.1) is 0 Å². The van der Waals surface area contributed by atoms with Crippen LogP contribution in [0.5, 0.6) is 0 Å². The average Bonchev–Trinajstić information content (AvgIpc) is 3.62. The van der Waals surface area contributed by atoms with Crippen LogP contribution in [0.1, 0.15) is 61.7 Å². The second-order valence-electron chi connectivity index (χ2n) is 11.2. The Hall–Kier alpha value is -1.42. The van der Waals surface area contributed by atoms with Crippen LogP contribution < -0.4 is 5.32 Å². The molecule has 5 atom stereocenters. The highest BCUT2D eigenvalue weighted by molar-refractivity contribution is 6.76. The molecule has 0 aromatic heterocycles. The van der Waals surface area contributed by atoms with E-state index in [0.717, 1.165) is 36.3 Å². The summed E-state index contributed by atoms with van der Waals surface area (Å²) >= 11 is 17.3. The number of halogens is 3. The van der Waals surface area contributed by atoms with Gasteiger partial charge in [0.25, 0.3) is 9.70 Å². The summed E-state index contributed by atoms with van der Waals surface area (Å²) in [5.74, 6) is -0.636. The molecule has 0 spiro atoms. The molecule has 0 radical (unpaired) electrons. The number of aliphatic hydroxyl groups is 1. The van der Waals surface area contributed by atoms with E-state index in [1.165, 1.54) is 38.8 Å². The molecule has 2 aromatic rings. The highest BCUT2D eigenvalue weighted by Gasteiger charge is 2.41. The molecule has 0 saturated carbocycles. The van der Waals surface area contributed by atoms with Crippen LogP contribution >= 0.6 is 34.8 Å².